The van der Waals surface area contributed by atoms with E-state index in [2.05, 4.69) is 15.4 Å². The van der Waals surface area contributed by atoms with Gasteiger partial charge in [0, 0.05) is 5.92 Å². The van der Waals surface area contributed by atoms with Crippen molar-refractivity contribution in [2.45, 2.75) is 37.8 Å². The molecule has 0 saturated heterocycles. The largest absolute Gasteiger partial charge is 0.480 e. The lowest BCUT2D eigenvalue weighted by molar-refractivity contribution is -0.148. The highest BCUT2D eigenvalue weighted by Gasteiger charge is 2.31. The minimum atomic E-state index is -1.47. The Balaban J connectivity index is 1.61. The van der Waals surface area contributed by atoms with Crippen LogP contribution in [0.4, 0.5) is 4.79 Å². The number of alkyl carbamates (subject to hydrolysis) is 1. The lowest BCUT2D eigenvalue weighted by atomic mass is 9.98. The van der Waals surface area contributed by atoms with Crippen LogP contribution in [0.3, 0.4) is 0 Å². The van der Waals surface area contributed by atoms with Crippen LogP contribution in [0, 0.1) is 0 Å². The lowest BCUT2D eigenvalue weighted by Crippen LogP contribution is -2.52. The molecular formula is C24H26N2O7. The number of carbonyl (C=O) groups excluding carboxylic acids is 3. The second kappa shape index (κ2) is 10.6. The van der Waals surface area contributed by atoms with Crippen molar-refractivity contribution < 1.29 is 33.8 Å². The van der Waals surface area contributed by atoms with E-state index in [1.807, 2.05) is 48.5 Å². The van der Waals surface area contributed by atoms with Crippen molar-refractivity contribution in [1.29, 1.82) is 0 Å². The van der Waals surface area contributed by atoms with Gasteiger partial charge in [-0.25, -0.2) is 9.59 Å². The van der Waals surface area contributed by atoms with Gasteiger partial charge in [0.05, 0.1) is 13.5 Å². The molecule has 0 spiro atoms. The zero-order chi connectivity index (χ0) is 24.0. The maximum Gasteiger partial charge on any atom is 0.407 e. The summed E-state index contributed by atoms with van der Waals surface area (Å²) < 4.78 is 9.89. The fourth-order valence-corrected chi connectivity index (χ4v) is 3.86. The van der Waals surface area contributed by atoms with Gasteiger partial charge < -0.3 is 25.2 Å². The van der Waals surface area contributed by atoms with E-state index in [0.29, 0.717) is 0 Å². The number of hydrogen-bond acceptors (Lipinski definition) is 6. The first kappa shape index (κ1) is 23.8. The molecule has 2 atom stereocenters. The van der Waals surface area contributed by atoms with E-state index in [1.165, 1.54) is 0 Å². The van der Waals surface area contributed by atoms with Crippen molar-refractivity contribution in [2.75, 3.05) is 13.7 Å². The molecule has 1 aliphatic rings. The summed E-state index contributed by atoms with van der Waals surface area (Å²) in [5.41, 5.74) is 4.31. The predicted molar refractivity (Wildman–Crippen MR) is 118 cm³/mol. The Labute approximate surface area is 191 Å². The van der Waals surface area contributed by atoms with E-state index >= 15 is 0 Å². The Morgan fingerprint density at radius 1 is 0.939 bits per heavy atom. The van der Waals surface area contributed by atoms with Gasteiger partial charge >= 0.3 is 18.0 Å². The van der Waals surface area contributed by atoms with Gasteiger partial charge in [0.15, 0.2) is 0 Å². The van der Waals surface area contributed by atoms with E-state index in [1.54, 1.807) is 6.92 Å². The highest BCUT2D eigenvalue weighted by molar-refractivity contribution is 5.91. The summed E-state index contributed by atoms with van der Waals surface area (Å²) in [6.07, 6.45) is -1.13. The molecule has 33 heavy (non-hydrogen) atoms. The summed E-state index contributed by atoms with van der Waals surface area (Å²) in [5.74, 6) is -3.03. The first-order chi connectivity index (χ1) is 15.8. The standard InChI is InChI=1S/C24H26N2O7/c1-3-19(22(28)25-20(23(29)30)12-21(27)32-2)26-24(31)33-13-18-16-10-6-4-8-14(16)15-9-5-7-11-17(15)18/h4-11,18-20H,3,12-13H2,1-2H3,(H,25,28)(H,26,31)(H,29,30)/t19?,20-/m1/s1. The molecule has 1 unspecified atom stereocenters. The number of esters is 1. The molecule has 0 fully saturated rings. The van der Waals surface area contributed by atoms with Crippen LogP contribution >= 0.6 is 0 Å². The highest BCUT2D eigenvalue weighted by atomic mass is 16.5. The Morgan fingerprint density at radius 3 is 2.03 bits per heavy atom. The first-order valence-corrected chi connectivity index (χ1v) is 10.6. The molecular weight excluding hydrogens is 428 g/mol. The average molecular weight is 454 g/mol. The number of ether oxygens (including phenoxy) is 2. The fraction of sp³-hybridized carbons (Fsp3) is 0.333. The SMILES string of the molecule is CCC(NC(=O)OCC1c2ccccc2-c2ccccc21)C(=O)N[C@H](CC(=O)OC)C(=O)O. The summed E-state index contributed by atoms with van der Waals surface area (Å²) in [7, 11) is 1.12. The summed E-state index contributed by atoms with van der Waals surface area (Å²) in [6.45, 7) is 1.74. The van der Waals surface area contributed by atoms with Gasteiger partial charge in [0.25, 0.3) is 0 Å². The van der Waals surface area contributed by atoms with Crippen molar-refractivity contribution in [1.82, 2.24) is 10.6 Å². The van der Waals surface area contributed by atoms with Gasteiger partial charge in [0.1, 0.15) is 18.7 Å². The van der Waals surface area contributed by atoms with Crippen molar-refractivity contribution >= 4 is 23.9 Å². The van der Waals surface area contributed by atoms with E-state index < -0.39 is 42.4 Å². The molecule has 2 amide bonds. The number of carbonyl (C=O) groups is 4. The van der Waals surface area contributed by atoms with Crippen LogP contribution in [0.2, 0.25) is 0 Å². The maximum absolute atomic E-state index is 12.5. The van der Waals surface area contributed by atoms with Crippen LogP contribution in [-0.2, 0) is 23.9 Å². The molecule has 0 aromatic heterocycles. The normalized spacial score (nSPS) is 13.8. The molecule has 174 valence electrons. The molecule has 9 nitrogen and oxygen atoms in total. The van der Waals surface area contributed by atoms with E-state index in [0.717, 1.165) is 29.4 Å². The van der Waals surface area contributed by atoms with Gasteiger partial charge in [-0.05, 0) is 28.7 Å². The molecule has 0 bridgehead atoms. The Morgan fingerprint density at radius 2 is 1.52 bits per heavy atom. The van der Waals surface area contributed by atoms with Crippen molar-refractivity contribution in [3.05, 3.63) is 59.7 Å². The number of carboxylic acid groups (broad SMARTS) is 1. The summed E-state index contributed by atoms with van der Waals surface area (Å²) in [5, 5.41) is 14.0. The lowest BCUT2D eigenvalue weighted by Gasteiger charge is -2.20. The third-order valence-electron chi connectivity index (χ3n) is 5.57. The minimum Gasteiger partial charge on any atom is -0.480 e. The Bertz CT molecular complexity index is 1010. The van der Waals surface area contributed by atoms with Crippen molar-refractivity contribution in [3.63, 3.8) is 0 Å². The second-order valence-corrected chi connectivity index (χ2v) is 7.61. The van der Waals surface area contributed by atoms with E-state index in [9.17, 15) is 24.3 Å². The molecule has 0 saturated carbocycles. The van der Waals surface area contributed by atoms with Gasteiger partial charge in [0.2, 0.25) is 5.91 Å². The fourth-order valence-electron chi connectivity index (χ4n) is 3.86. The number of carboxylic acids is 1. The first-order valence-electron chi connectivity index (χ1n) is 10.6. The molecule has 9 heteroatoms. The number of nitrogens with one attached hydrogen (secondary N) is 2. The molecule has 1 aliphatic carbocycles. The predicted octanol–water partition coefficient (Wildman–Crippen LogP) is 2.44. The molecule has 3 N–H and O–H groups in total. The summed E-state index contributed by atoms with van der Waals surface area (Å²) in [4.78, 5) is 47.6. The smallest absolute Gasteiger partial charge is 0.407 e. The van der Waals surface area contributed by atoms with Crippen LogP contribution in [0.1, 0.15) is 36.8 Å². The Hall–Kier alpha value is -3.88. The van der Waals surface area contributed by atoms with Gasteiger partial charge in [-0.3, -0.25) is 9.59 Å². The number of aliphatic carboxylic acids is 1. The van der Waals surface area contributed by atoms with Gasteiger partial charge in [-0.15, -0.1) is 0 Å². The number of hydrogen-bond donors (Lipinski definition) is 3. The quantitative estimate of drug-likeness (QED) is 0.496. The maximum atomic E-state index is 12.5. The third-order valence-corrected chi connectivity index (χ3v) is 5.57. The van der Waals surface area contributed by atoms with Gasteiger partial charge in [-0.2, -0.15) is 0 Å². The third kappa shape index (κ3) is 5.49. The van der Waals surface area contributed by atoms with Crippen LogP contribution < -0.4 is 10.6 Å². The number of fused-ring (bicyclic) bond motifs is 3. The average Bonchev–Trinajstić information content (AvgIpc) is 3.14. The minimum absolute atomic E-state index is 0.0814. The number of amides is 2. The molecule has 0 radical (unpaired) electrons. The molecule has 2 aromatic rings. The topological polar surface area (TPSA) is 131 Å². The van der Waals surface area contributed by atoms with Gasteiger partial charge in [-0.1, -0.05) is 55.5 Å². The molecule has 3 rings (SSSR count). The van der Waals surface area contributed by atoms with Crippen molar-refractivity contribution in [2.24, 2.45) is 0 Å². The van der Waals surface area contributed by atoms with E-state index in [4.69, 9.17) is 4.74 Å². The zero-order valence-electron chi connectivity index (χ0n) is 18.4. The Kier molecular flexibility index (Phi) is 7.66. The summed E-state index contributed by atoms with van der Waals surface area (Å²) in [6, 6.07) is 13.3. The van der Waals surface area contributed by atoms with Crippen LogP contribution in [0.25, 0.3) is 11.1 Å². The second-order valence-electron chi connectivity index (χ2n) is 7.61. The number of methoxy groups -OCH3 is 1. The van der Waals surface area contributed by atoms with Crippen LogP contribution in [0.5, 0.6) is 0 Å². The van der Waals surface area contributed by atoms with Crippen LogP contribution in [-0.4, -0.2) is 54.8 Å². The van der Waals surface area contributed by atoms with Crippen LogP contribution in [0.15, 0.2) is 48.5 Å². The number of benzene rings is 2. The number of rotatable bonds is 9. The molecule has 2 aromatic carbocycles. The zero-order valence-corrected chi connectivity index (χ0v) is 18.4. The van der Waals surface area contributed by atoms with E-state index in [-0.39, 0.29) is 18.9 Å². The summed E-state index contributed by atoms with van der Waals surface area (Å²) >= 11 is 0. The highest BCUT2D eigenvalue weighted by Crippen LogP contribution is 2.44. The molecule has 0 aliphatic heterocycles. The van der Waals surface area contributed by atoms with Crippen molar-refractivity contribution in [3.8, 4) is 11.1 Å². The monoisotopic (exact) mass is 454 g/mol. The molecule has 0 heterocycles.